The van der Waals surface area contributed by atoms with Crippen LogP contribution in [0.15, 0.2) is 22.7 Å². The van der Waals surface area contributed by atoms with E-state index in [2.05, 4.69) is 4.98 Å². The quantitative estimate of drug-likeness (QED) is 0.719. The van der Waals surface area contributed by atoms with Crippen LogP contribution >= 0.6 is 0 Å². The lowest BCUT2D eigenvalue weighted by Gasteiger charge is -1.87. The van der Waals surface area contributed by atoms with Gasteiger partial charge < -0.3 is 14.7 Å². The Morgan fingerprint density at radius 1 is 1.46 bits per heavy atom. The monoisotopic (exact) mass is 177 g/mol. The van der Waals surface area contributed by atoms with Crippen LogP contribution in [0.3, 0.4) is 0 Å². The summed E-state index contributed by atoms with van der Waals surface area (Å²) in [6.45, 7) is 1.90. The van der Waals surface area contributed by atoms with E-state index >= 15 is 0 Å². The first kappa shape index (κ1) is 7.91. The molecule has 2 rings (SSSR count). The summed E-state index contributed by atoms with van der Waals surface area (Å²) >= 11 is 0. The van der Waals surface area contributed by atoms with Crippen LogP contribution in [0.25, 0.3) is 11.5 Å². The highest BCUT2D eigenvalue weighted by molar-refractivity contribution is 5.53. The van der Waals surface area contributed by atoms with Crippen molar-refractivity contribution in [2.24, 2.45) is 7.05 Å². The fourth-order valence-corrected chi connectivity index (χ4v) is 1.17. The smallest absolute Gasteiger partial charge is 0.200 e. The summed E-state index contributed by atoms with van der Waals surface area (Å²) in [5.74, 6) is 2.12. The highest BCUT2D eigenvalue weighted by Crippen LogP contribution is 2.21. The van der Waals surface area contributed by atoms with E-state index in [1.54, 1.807) is 4.57 Å². The molecule has 4 heteroatoms. The third-order valence-corrected chi connectivity index (χ3v) is 1.91. The van der Waals surface area contributed by atoms with Crippen molar-refractivity contribution in [3.05, 3.63) is 24.1 Å². The average Bonchev–Trinajstić information content (AvgIpc) is 2.61. The Morgan fingerprint density at radius 2 is 2.23 bits per heavy atom. The predicted octanol–water partition coefficient (Wildman–Crippen LogP) is 1.57. The second-order valence-corrected chi connectivity index (χ2v) is 3.01. The molecular formula is C9H11N3O. The van der Waals surface area contributed by atoms with Gasteiger partial charge in [0.05, 0.1) is 0 Å². The first-order valence-corrected chi connectivity index (χ1v) is 4.02. The number of nitrogens with two attached hydrogens (primary N) is 1. The van der Waals surface area contributed by atoms with Gasteiger partial charge in [0.2, 0.25) is 5.95 Å². The zero-order valence-electron chi connectivity index (χ0n) is 7.61. The zero-order valence-corrected chi connectivity index (χ0v) is 7.61. The van der Waals surface area contributed by atoms with Crippen LogP contribution in [0.5, 0.6) is 0 Å². The normalized spacial score (nSPS) is 10.6. The van der Waals surface area contributed by atoms with Gasteiger partial charge in [-0.1, -0.05) is 0 Å². The Hall–Kier alpha value is -1.71. The molecule has 0 radical (unpaired) electrons. The van der Waals surface area contributed by atoms with Crippen LogP contribution in [-0.2, 0) is 7.05 Å². The molecule has 2 N–H and O–H groups in total. The van der Waals surface area contributed by atoms with Crippen molar-refractivity contribution >= 4 is 5.95 Å². The number of hydrogen-bond donors (Lipinski definition) is 1. The summed E-state index contributed by atoms with van der Waals surface area (Å²) in [5, 5.41) is 0. The van der Waals surface area contributed by atoms with Crippen molar-refractivity contribution in [1.29, 1.82) is 0 Å². The molecule has 0 aliphatic heterocycles. The Bertz CT molecular complexity index is 408. The fourth-order valence-electron chi connectivity index (χ4n) is 1.17. The van der Waals surface area contributed by atoms with Crippen molar-refractivity contribution in [3.8, 4) is 11.5 Å². The first-order chi connectivity index (χ1) is 6.16. The van der Waals surface area contributed by atoms with E-state index in [9.17, 15) is 0 Å². The van der Waals surface area contributed by atoms with Crippen molar-refractivity contribution in [2.75, 3.05) is 5.73 Å². The van der Waals surface area contributed by atoms with Gasteiger partial charge in [0, 0.05) is 13.2 Å². The Balaban J connectivity index is 2.46. The second-order valence-electron chi connectivity index (χ2n) is 3.01. The minimum atomic E-state index is 0.490. The Labute approximate surface area is 76.0 Å². The summed E-state index contributed by atoms with van der Waals surface area (Å²) in [6, 6.07) is 3.79. The third-order valence-electron chi connectivity index (χ3n) is 1.91. The number of imidazole rings is 1. The van der Waals surface area contributed by atoms with Gasteiger partial charge in [0.25, 0.3) is 0 Å². The first-order valence-electron chi connectivity index (χ1n) is 4.02. The largest absolute Gasteiger partial charge is 0.460 e. The van der Waals surface area contributed by atoms with Crippen molar-refractivity contribution in [2.45, 2.75) is 6.92 Å². The molecule has 0 bridgehead atoms. The van der Waals surface area contributed by atoms with Gasteiger partial charge in [-0.3, -0.25) is 0 Å². The van der Waals surface area contributed by atoms with E-state index in [-0.39, 0.29) is 0 Å². The molecule has 0 aliphatic carbocycles. The van der Waals surface area contributed by atoms with Crippen LogP contribution in [0.4, 0.5) is 5.95 Å². The molecule has 2 heterocycles. The number of anilines is 1. The van der Waals surface area contributed by atoms with Gasteiger partial charge in [0.1, 0.15) is 11.5 Å². The highest BCUT2D eigenvalue weighted by atomic mass is 16.3. The maximum Gasteiger partial charge on any atom is 0.200 e. The predicted molar refractivity (Wildman–Crippen MR) is 50.1 cm³/mol. The molecule has 0 unspecified atom stereocenters. The molecule has 68 valence electrons. The molecule has 0 aromatic carbocycles. The van der Waals surface area contributed by atoms with Crippen molar-refractivity contribution in [3.63, 3.8) is 0 Å². The average molecular weight is 177 g/mol. The maximum atomic E-state index is 5.59. The number of aryl methyl sites for hydroxylation is 2. The Kier molecular flexibility index (Phi) is 1.62. The van der Waals surface area contributed by atoms with Crippen LogP contribution in [0, 0.1) is 6.92 Å². The van der Waals surface area contributed by atoms with E-state index in [1.165, 1.54) is 0 Å². The summed E-state index contributed by atoms with van der Waals surface area (Å²) in [7, 11) is 1.85. The number of aromatic nitrogens is 2. The SMILES string of the molecule is Cc1ccc(-c2cn(C)c(N)n2)o1. The lowest BCUT2D eigenvalue weighted by Crippen LogP contribution is -1.94. The molecular weight excluding hydrogens is 166 g/mol. The van der Waals surface area contributed by atoms with Crippen molar-refractivity contribution < 1.29 is 4.42 Å². The zero-order chi connectivity index (χ0) is 9.42. The van der Waals surface area contributed by atoms with Crippen LogP contribution in [0.2, 0.25) is 0 Å². The topological polar surface area (TPSA) is 57.0 Å². The van der Waals surface area contributed by atoms with Gasteiger partial charge in [-0.15, -0.1) is 0 Å². The third kappa shape index (κ3) is 1.30. The van der Waals surface area contributed by atoms with Gasteiger partial charge in [0.15, 0.2) is 5.76 Å². The molecule has 0 aliphatic rings. The molecule has 2 aromatic heterocycles. The molecule has 0 spiro atoms. The summed E-state index contributed by atoms with van der Waals surface area (Å²) in [5.41, 5.74) is 6.37. The van der Waals surface area contributed by atoms with Crippen LogP contribution in [0.1, 0.15) is 5.76 Å². The van der Waals surface area contributed by atoms with Gasteiger partial charge in [-0.2, -0.15) is 0 Å². The van der Waals surface area contributed by atoms with E-state index in [1.807, 2.05) is 32.3 Å². The lowest BCUT2D eigenvalue weighted by atomic mass is 10.3. The molecule has 0 saturated carbocycles. The summed E-state index contributed by atoms with van der Waals surface area (Å²) < 4.78 is 7.16. The Morgan fingerprint density at radius 3 is 2.69 bits per heavy atom. The van der Waals surface area contributed by atoms with E-state index in [0.29, 0.717) is 5.95 Å². The molecule has 2 aromatic rings. The van der Waals surface area contributed by atoms with Gasteiger partial charge in [-0.25, -0.2) is 4.98 Å². The highest BCUT2D eigenvalue weighted by Gasteiger charge is 2.07. The van der Waals surface area contributed by atoms with Crippen molar-refractivity contribution in [1.82, 2.24) is 9.55 Å². The van der Waals surface area contributed by atoms with Crippen LogP contribution < -0.4 is 5.73 Å². The number of nitrogen functional groups attached to an aromatic ring is 1. The van der Waals surface area contributed by atoms with E-state index < -0.39 is 0 Å². The molecule has 0 atom stereocenters. The van der Waals surface area contributed by atoms with E-state index in [4.69, 9.17) is 10.2 Å². The van der Waals surface area contributed by atoms with Gasteiger partial charge in [-0.05, 0) is 19.1 Å². The molecule has 13 heavy (non-hydrogen) atoms. The standard InChI is InChI=1S/C9H11N3O/c1-6-3-4-8(13-6)7-5-12(2)9(10)11-7/h3-5H,1-2H3,(H2,10,11). The van der Waals surface area contributed by atoms with E-state index in [0.717, 1.165) is 17.2 Å². The molecule has 4 nitrogen and oxygen atoms in total. The number of hydrogen-bond acceptors (Lipinski definition) is 3. The fraction of sp³-hybridized carbons (Fsp3) is 0.222. The number of furan rings is 1. The summed E-state index contributed by atoms with van der Waals surface area (Å²) in [4.78, 5) is 4.14. The lowest BCUT2D eigenvalue weighted by molar-refractivity contribution is 0.546. The molecule has 0 saturated heterocycles. The maximum absolute atomic E-state index is 5.59. The number of nitrogens with zero attached hydrogens (tertiary/aromatic N) is 2. The van der Waals surface area contributed by atoms with Gasteiger partial charge >= 0.3 is 0 Å². The number of rotatable bonds is 1. The molecule has 0 fully saturated rings. The second kappa shape index (κ2) is 2.65. The summed E-state index contributed by atoms with van der Waals surface area (Å²) in [6.07, 6.45) is 1.84. The van der Waals surface area contributed by atoms with Crippen LogP contribution in [-0.4, -0.2) is 9.55 Å². The minimum Gasteiger partial charge on any atom is -0.460 e. The minimum absolute atomic E-state index is 0.490. The molecule has 0 amide bonds.